The summed E-state index contributed by atoms with van der Waals surface area (Å²) in [6.45, 7) is 8.99. The summed E-state index contributed by atoms with van der Waals surface area (Å²) in [5.74, 6) is -1.68. The van der Waals surface area contributed by atoms with E-state index in [1.54, 1.807) is 0 Å². The van der Waals surface area contributed by atoms with Crippen LogP contribution in [0.4, 0.5) is 0 Å². The summed E-state index contributed by atoms with van der Waals surface area (Å²) in [7, 11) is 0. The number of hydrogen-bond acceptors (Lipinski definition) is 8. The van der Waals surface area contributed by atoms with Gasteiger partial charge >= 0.3 is 11.9 Å². The highest BCUT2D eigenvalue weighted by Crippen LogP contribution is 2.50. The first-order valence-corrected chi connectivity index (χ1v) is 27.3. The fraction of sp³-hybridized carbons (Fsp3) is 0.480. The third-order valence-electron chi connectivity index (χ3n) is 11.2. The van der Waals surface area contributed by atoms with Crippen LogP contribution in [0.15, 0.2) is 48.5 Å². The van der Waals surface area contributed by atoms with Crippen LogP contribution < -0.4 is 0 Å². The van der Waals surface area contributed by atoms with E-state index in [0.29, 0.717) is 9.75 Å². The maximum Gasteiger partial charge on any atom is 0.345 e. The van der Waals surface area contributed by atoms with Crippen LogP contribution in [0.25, 0.3) is 48.8 Å². The van der Waals surface area contributed by atoms with E-state index in [2.05, 4.69) is 64.1 Å². The topological polar surface area (TPSA) is 74.6 Å². The Kier molecular flexibility index (Phi) is 18.3. The Hall–Kier alpha value is -2.86. The van der Waals surface area contributed by atoms with Gasteiger partial charge in [0.2, 0.25) is 0 Å². The number of aryl methyl sites for hydroxylation is 4. The molecule has 0 aromatic carbocycles. The average Bonchev–Trinajstić information content (AvgIpc) is 4.09. The van der Waals surface area contributed by atoms with Gasteiger partial charge in [-0.1, -0.05) is 105 Å². The van der Waals surface area contributed by atoms with Crippen molar-refractivity contribution in [2.45, 2.75) is 156 Å². The molecule has 60 heavy (non-hydrogen) atoms. The second-order valence-corrected chi connectivity index (χ2v) is 22.4. The predicted octanol–water partition coefficient (Wildman–Crippen LogP) is 18.3. The molecule has 0 saturated carbocycles. The Morgan fingerprint density at radius 1 is 0.367 bits per heavy atom. The second kappa shape index (κ2) is 23.5. The van der Waals surface area contributed by atoms with Crippen LogP contribution in [-0.4, -0.2) is 22.2 Å². The highest BCUT2D eigenvalue weighted by molar-refractivity contribution is 7.31. The molecule has 0 radical (unpaired) electrons. The predicted molar refractivity (Wildman–Crippen MR) is 266 cm³/mol. The van der Waals surface area contributed by atoms with Gasteiger partial charge in [0.05, 0.1) is 0 Å². The van der Waals surface area contributed by atoms with Gasteiger partial charge in [-0.2, -0.15) is 0 Å². The summed E-state index contributed by atoms with van der Waals surface area (Å²) in [6, 6.07) is 17.8. The maximum atomic E-state index is 12.1. The molecule has 0 bridgehead atoms. The van der Waals surface area contributed by atoms with Gasteiger partial charge in [-0.25, -0.2) is 9.59 Å². The second-order valence-electron chi connectivity index (χ2n) is 16.0. The summed E-state index contributed by atoms with van der Waals surface area (Å²) in [5, 5.41) is 19.8. The molecule has 0 unspecified atom stereocenters. The van der Waals surface area contributed by atoms with E-state index in [-0.39, 0.29) is 0 Å². The molecule has 0 atom stereocenters. The number of carboxylic acid groups (broad SMARTS) is 2. The van der Waals surface area contributed by atoms with Gasteiger partial charge in [-0.15, -0.1) is 68.0 Å². The lowest BCUT2D eigenvalue weighted by atomic mass is 10.0. The average molecular weight is 919 g/mol. The third-order valence-corrected chi connectivity index (χ3v) is 19.0. The highest BCUT2D eigenvalue weighted by atomic mass is 32.1. The summed E-state index contributed by atoms with van der Waals surface area (Å²) in [4.78, 5) is 37.5. The van der Waals surface area contributed by atoms with Crippen LogP contribution >= 0.6 is 68.0 Å². The molecule has 6 rings (SSSR count). The largest absolute Gasteiger partial charge is 0.477 e. The molecule has 4 nitrogen and oxygen atoms in total. The minimum Gasteiger partial charge on any atom is -0.477 e. The van der Waals surface area contributed by atoms with Gasteiger partial charge in [-0.3, -0.25) is 0 Å². The quantitative estimate of drug-likeness (QED) is 0.0505. The molecule has 0 aliphatic rings. The molecule has 0 spiro atoms. The fourth-order valence-corrected chi connectivity index (χ4v) is 15.1. The van der Waals surface area contributed by atoms with Crippen LogP contribution in [0.1, 0.15) is 172 Å². The minimum absolute atomic E-state index is 0.431. The highest BCUT2D eigenvalue weighted by Gasteiger charge is 2.23. The lowest BCUT2D eigenvalue weighted by molar-refractivity contribution is 0.0691. The Labute approximate surface area is 382 Å². The number of hydrogen-bond donors (Lipinski definition) is 2. The van der Waals surface area contributed by atoms with Crippen molar-refractivity contribution < 1.29 is 19.8 Å². The number of thiophene rings is 6. The zero-order chi connectivity index (χ0) is 42.4. The maximum absolute atomic E-state index is 12.1. The van der Waals surface area contributed by atoms with Crippen LogP contribution in [0.2, 0.25) is 0 Å². The fourth-order valence-electron chi connectivity index (χ4n) is 7.88. The normalized spacial score (nSPS) is 11.6. The van der Waals surface area contributed by atoms with Crippen LogP contribution in [0.5, 0.6) is 0 Å². The Morgan fingerprint density at radius 3 is 0.933 bits per heavy atom. The number of carbonyl (C=O) groups is 2. The molecule has 0 aliphatic carbocycles. The molecule has 0 aliphatic heterocycles. The SMILES string of the molecule is CCCCCCc1cc(C(=O)O)sc1-c1ccc(-c2sc(-c3cc(CCCCCC)c(-c4ccc(-c5sc(C(=O)O)cc5CCCCCC)s4)s3)cc2CCCCCC)s1. The lowest BCUT2D eigenvalue weighted by Crippen LogP contribution is -1.90. The molecule has 2 N–H and O–H groups in total. The molecule has 0 amide bonds. The molecule has 10 heteroatoms. The summed E-state index contributed by atoms with van der Waals surface area (Å²) in [6.07, 6.45) is 23.0. The third kappa shape index (κ3) is 12.2. The van der Waals surface area contributed by atoms with E-state index in [1.807, 2.05) is 57.5 Å². The lowest BCUT2D eigenvalue weighted by Gasteiger charge is -2.03. The van der Waals surface area contributed by atoms with Crippen LogP contribution in [-0.2, 0) is 25.7 Å². The molecule has 322 valence electrons. The van der Waals surface area contributed by atoms with Gasteiger partial charge < -0.3 is 10.2 Å². The van der Waals surface area contributed by atoms with Crippen LogP contribution in [0.3, 0.4) is 0 Å². The molecule has 0 saturated heterocycles. The summed E-state index contributed by atoms with van der Waals surface area (Å²) >= 11 is 10.3. The van der Waals surface area contributed by atoms with Crippen LogP contribution in [0, 0.1) is 0 Å². The smallest absolute Gasteiger partial charge is 0.345 e. The zero-order valence-corrected chi connectivity index (χ0v) is 40.8. The van der Waals surface area contributed by atoms with E-state index >= 15 is 0 Å². The van der Waals surface area contributed by atoms with Crippen molar-refractivity contribution in [1.82, 2.24) is 0 Å². The Bertz CT molecular complexity index is 2110. The van der Waals surface area contributed by atoms with Gasteiger partial charge in [0.15, 0.2) is 0 Å². The van der Waals surface area contributed by atoms with E-state index in [1.165, 1.54) is 174 Å². The zero-order valence-electron chi connectivity index (χ0n) is 35.9. The van der Waals surface area contributed by atoms with Gasteiger partial charge in [0.1, 0.15) is 9.75 Å². The first-order valence-electron chi connectivity index (χ1n) is 22.4. The molecule has 6 aromatic rings. The number of unbranched alkanes of at least 4 members (excludes halogenated alkanes) is 12. The van der Waals surface area contributed by atoms with Gasteiger partial charge in [-0.05, 0) is 122 Å². The van der Waals surface area contributed by atoms with E-state index in [0.717, 1.165) is 48.3 Å². The molecule has 0 fully saturated rings. The van der Waals surface area contributed by atoms with E-state index in [9.17, 15) is 19.8 Å². The first-order chi connectivity index (χ1) is 29.2. The van der Waals surface area contributed by atoms with Crippen molar-refractivity contribution >= 4 is 80.0 Å². The number of rotatable bonds is 27. The van der Waals surface area contributed by atoms with E-state index < -0.39 is 11.9 Å². The molecular formula is C50H62O4S6. The number of carboxylic acids is 2. The van der Waals surface area contributed by atoms with Crippen molar-refractivity contribution in [2.24, 2.45) is 0 Å². The van der Waals surface area contributed by atoms with Crippen molar-refractivity contribution in [2.75, 3.05) is 0 Å². The van der Waals surface area contributed by atoms with Crippen molar-refractivity contribution in [1.29, 1.82) is 0 Å². The van der Waals surface area contributed by atoms with Gasteiger partial charge in [0, 0.05) is 48.8 Å². The molecule has 6 aromatic heterocycles. The summed E-state index contributed by atoms with van der Waals surface area (Å²) < 4.78 is 0. The van der Waals surface area contributed by atoms with Crippen molar-refractivity contribution in [3.05, 3.63) is 80.5 Å². The van der Waals surface area contributed by atoms with Crippen molar-refractivity contribution in [3.8, 4) is 48.8 Å². The van der Waals surface area contributed by atoms with Gasteiger partial charge in [0.25, 0.3) is 0 Å². The first kappa shape index (κ1) is 46.6. The Balaban J connectivity index is 1.35. The Morgan fingerprint density at radius 2 is 0.650 bits per heavy atom. The van der Waals surface area contributed by atoms with Crippen molar-refractivity contribution in [3.63, 3.8) is 0 Å². The summed E-state index contributed by atoms with van der Waals surface area (Å²) in [5.41, 5.74) is 5.20. The standard InChI is InChI=1S/C50H62O4S6/c1-5-9-13-17-21-33-29-41(57-45(33)37-25-27-39(55-37)47-35(23-19-15-11-7-3)31-43(59-47)49(51)52)42-30-34(22-18-14-10-6-2)46(58-42)38-26-28-40(56-38)48-36(24-20-16-12-8-4)32-44(60-48)50(53)54/h25-32H,5-24H2,1-4H3,(H,51,52)(H,53,54). The number of aromatic carboxylic acids is 2. The van der Waals surface area contributed by atoms with E-state index in [4.69, 9.17) is 0 Å². The molecule has 6 heterocycles. The minimum atomic E-state index is -0.838. The monoisotopic (exact) mass is 918 g/mol. The molecular weight excluding hydrogens is 857 g/mol.